The molecular weight excluding hydrogens is 488 g/mol. The summed E-state index contributed by atoms with van der Waals surface area (Å²) in [4.78, 5) is 27.7. The number of benzene rings is 3. The van der Waals surface area contributed by atoms with E-state index in [0.29, 0.717) is 11.5 Å². The first-order valence-electron chi connectivity index (χ1n) is 12.1. The fraction of sp³-hybridized carbons (Fsp3) is 0.333. The number of ether oxygens (including phenoxy) is 4. The Morgan fingerprint density at radius 3 is 1.32 bits per heavy atom. The van der Waals surface area contributed by atoms with Gasteiger partial charge in [0.2, 0.25) is 0 Å². The van der Waals surface area contributed by atoms with Crippen LogP contribution < -0.4 is 9.47 Å². The predicted octanol–water partition coefficient (Wildman–Crippen LogP) is 6.22. The molecule has 3 aromatic rings. The number of esters is 2. The van der Waals surface area contributed by atoms with Gasteiger partial charge in [0.05, 0.1) is 10.9 Å². The standard InChI is InChI=1S/C30H35O6S/c1-29(2,3)35-27(31)20-33-22-17-23(34-21-28(32)36-30(4,5)6)19-26(18-22)37(24-13-9-7-10-14-24)25-15-11-8-12-16-25/h7-19H,20-21H2,1-6H3/q+1. The average molecular weight is 524 g/mol. The molecule has 0 N–H and O–H groups in total. The molecule has 0 radical (unpaired) electrons. The van der Waals surface area contributed by atoms with Crippen molar-refractivity contribution in [3.63, 3.8) is 0 Å². The highest BCUT2D eigenvalue weighted by molar-refractivity contribution is 7.97. The molecule has 0 atom stereocenters. The fourth-order valence-electron chi connectivity index (χ4n) is 3.38. The molecule has 196 valence electrons. The van der Waals surface area contributed by atoms with E-state index >= 15 is 0 Å². The van der Waals surface area contributed by atoms with E-state index in [-0.39, 0.29) is 13.2 Å². The van der Waals surface area contributed by atoms with E-state index in [4.69, 9.17) is 18.9 Å². The third-order valence-corrected chi connectivity index (χ3v) is 6.79. The lowest BCUT2D eigenvalue weighted by Gasteiger charge is -2.20. The highest BCUT2D eigenvalue weighted by atomic mass is 32.2. The molecule has 0 saturated heterocycles. The first kappa shape index (κ1) is 28.1. The zero-order chi connectivity index (χ0) is 27.1. The Kier molecular flexibility index (Phi) is 9.27. The van der Waals surface area contributed by atoms with E-state index in [1.807, 2.05) is 48.5 Å². The molecule has 0 unspecified atom stereocenters. The van der Waals surface area contributed by atoms with Crippen molar-refractivity contribution in [2.24, 2.45) is 0 Å². The van der Waals surface area contributed by atoms with Crippen molar-refractivity contribution in [3.05, 3.63) is 78.9 Å². The number of hydrogen-bond donors (Lipinski definition) is 0. The van der Waals surface area contributed by atoms with Gasteiger partial charge >= 0.3 is 11.9 Å². The van der Waals surface area contributed by atoms with E-state index in [2.05, 4.69) is 24.3 Å². The molecule has 0 aliphatic rings. The number of carbonyl (C=O) groups excluding carboxylic acids is 2. The maximum atomic E-state index is 12.3. The predicted molar refractivity (Wildman–Crippen MR) is 144 cm³/mol. The molecule has 0 heterocycles. The first-order chi connectivity index (χ1) is 17.4. The van der Waals surface area contributed by atoms with Gasteiger partial charge in [-0.2, -0.15) is 0 Å². The van der Waals surface area contributed by atoms with Crippen molar-refractivity contribution < 1.29 is 28.5 Å². The van der Waals surface area contributed by atoms with Crippen LogP contribution in [0, 0.1) is 0 Å². The van der Waals surface area contributed by atoms with Gasteiger partial charge in [-0.1, -0.05) is 36.4 Å². The minimum absolute atomic E-state index is 0.253. The van der Waals surface area contributed by atoms with Crippen LogP contribution in [0.4, 0.5) is 0 Å². The van der Waals surface area contributed by atoms with Gasteiger partial charge in [0.1, 0.15) is 22.7 Å². The van der Waals surface area contributed by atoms with Gasteiger partial charge in [0, 0.05) is 18.2 Å². The van der Waals surface area contributed by atoms with Crippen LogP contribution in [0.5, 0.6) is 11.5 Å². The van der Waals surface area contributed by atoms with Crippen molar-refractivity contribution in [2.45, 2.75) is 67.4 Å². The van der Waals surface area contributed by atoms with Gasteiger partial charge in [-0.25, -0.2) is 9.59 Å². The van der Waals surface area contributed by atoms with Crippen molar-refractivity contribution in [1.29, 1.82) is 0 Å². The van der Waals surface area contributed by atoms with E-state index in [1.54, 1.807) is 47.6 Å². The first-order valence-corrected chi connectivity index (χ1v) is 13.3. The van der Waals surface area contributed by atoms with Crippen LogP contribution in [0.1, 0.15) is 41.5 Å². The molecule has 0 aliphatic heterocycles. The monoisotopic (exact) mass is 523 g/mol. The molecule has 37 heavy (non-hydrogen) atoms. The van der Waals surface area contributed by atoms with Crippen LogP contribution in [-0.2, 0) is 30.0 Å². The highest BCUT2D eigenvalue weighted by Gasteiger charge is 2.30. The quantitative estimate of drug-likeness (QED) is 0.245. The van der Waals surface area contributed by atoms with E-state index < -0.39 is 34.0 Å². The Morgan fingerprint density at radius 1 is 0.595 bits per heavy atom. The zero-order valence-electron chi connectivity index (χ0n) is 22.3. The minimum Gasteiger partial charge on any atom is -0.482 e. The summed E-state index contributed by atoms with van der Waals surface area (Å²) in [6.45, 7) is 10.3. The summed E-state index contributed by atoms with van der Waals surface area (Å²) >= 11 is 0. The lowest BCUT2D eigenvalue weighted by Crippen LogP contribution is -2.27. The van der Waals surface area contributed by atoms with E-state index in [0.717, 1.165) is 14.7 Å². The van der Waals surface area contributed by atoms with Gasteiger partial charge in [-0.15, -0.1) is 0 Å². The van der Waals surface area contributed by atoms with Crippen LogP contribution in [0.2, 0.25) is 0 Å². The second-order valence-corrected chi connectivity index (χ2v) is 12.3. The summed E-state index contributed by atoms with van der Waals surface area (Å²) in [5.41, 5.74) is -1.23. The Morgan fingerprint density at radius 2 is 0.973 bits per heavy atom. The molecule has 0 aromatic heterocycles. The maximum absolute atomic E-state index is 12.3. The van der Waals surface area contributed by atoms with Crippen LogP contribution in [0.15, 0.2) is 93.5 Å². The lowest BCUT2D eigenvalue weighted by molar-refractivity contribution is -0.158. The topological polar surface area (TPSA) is 71.1 Å². The summed E-state index contributed by atoms with van der Waals surface area (Å²) in [5.74, 6) is -0.0719. The molecule has 0 aliphatic carbocycles. The van der Waals surface area contributed by atoms with Gasteiger partial charge < -0.3 is 18.9 Å². The molecule has 3 aromatic carbocycles. The van der Waals surface area contributed by atoms with Crippen molar-refractivity contribution in [3.8, 4) is 11.5 Å². The summed E-state index contributed by atoms with van der Waals surface area (Å²) < 4.78 is 22.4. The summed E-state index contributed by atoms with van der Waals surface area (Å²) in [7, 11) is -0.488. The number of rotatable bonds is 9. The molecular formula is C30H35O6S+. The van der Waals surface area contributed by atoms with Crippen LogP contribution in [0.3, 0.4) is 0 Å². The van der Waals surface area contributed by atoms with E-state index in [1.165, 1.54) is 0 Å². The molecule has 3 rings (SSSR count). The second-order valence-electron chi connectivity index (χ2n) is 10.3. The normalized spacial score (nSPS) is 11.6. The fourth-order valence-corrected chi connectivity index (χ4v) is 5.52. The molecule has 0 amide bonds. The third-order valence-electron chi connectivity index (χ3n) is 4.60. The largest absolute Gasteiger partial charge is 0.482 e. The molecule has 6 nitrogen and oxygen atoms in total. The maximum Gasteiger partial charge on any atom is 0.344 e. The van der Waals surface area contributed by atoms with Crippen LogP contribution >= 0.6 is 0 Å². The van der Waals surface area contributed by atoms with Crippen molar-refractivity contribution >= 4 is 22.8 Å². The van der Waals surface area contributed by atoms with Crippen LogP contribution in [0.25, 0.3) is 0 Å². The second kappa shape index (κ2) is 12.2. The smallest absolute Gasteiger partial charge is 0.344 e. The van der Waals surface area contributed by atoms with Gasteiger partial charge in [0.25, 0.3) is 0 Å². The Labute approximate surface area is 222 Å². The highest BCUT2D eigenvalue weighted by Crippen LogP contribution is 2.35. The summed E-state index contributed by atoms with van der Waals surface area (Å²) in [6, 6.07) is 25.7. The lowest BCUT2D eigenvalue weighted by atomic mass is 10.2. The molecule has 7 heteroatoms. The SMILES string of the molecule is CC(C)(C)OC(=O)COc1cc(OCC(=O)OC(C)(C)C)cc([S+](c2ccccc2)c2ccccc2)c1. The Balaban J connectivity index is 1.96. The Hall–Kier alpha value is -3.45. The minimum atomic E-state index is -0.614. The van der Waals surface area contributed by atoms with Crippen LogP contribution in [-0.4, -0.2) is 36.4 Å². The number of carbonyl (C=O) groups is 2. The molecule has 0 bridgehead atoms. The third kappa shape index (κ3) is 9.50. The average Bonchev–Trinajstić information content (AvgIpc) is 2.81. The van der Waals surface area contributed by atoms with Gasteiger partial charge in [-0.05, 0) is 65.8 Å². The van der Waals surface area contributed by atoms with Crippen molar-refractivity contribution in [1.82, 2.24) is 0 Å². The van der Waals surface area contributed by atoms with E-state index in [9.17, 15) is 9.59 Å². The molecule has 0 fully saturated rings. The van der Waals surface area contributed by atoms with Gasteiger partial charge in [0.15, 0.2) is 27.9 Å². The zero-order valence-corrected chi connectivity index (χ0v) is 23.1. The summed E-state index contributed by atoms with van der Waals surface area (Å²) in [6.07, 6.45) is 0. The molecule has 0 saturated carbocycles. The van der Waals surface area contributed by atoms with Gasteiger partial charge in [-0.3, -0.25) is 0 Å². The molecule has 0 spiro atoms. The number of hydrogen-bond acceptors (Lipinski definition) is 6. The summed E-state index contributed by atoms with van der Waals surface area (Å²) in [5, 5.41) is 0. The van der Waals surface area contributed by atoms with Crippen molar-refractivity contribution in [2.75, 3.05) is 13.2 Å². The Bertz CT molecular complexity index is 1090.